The zero-order valence-electron chi connectivity index (χ0n) is 18.2. The number of hydrogen-bond donors (Lipinski definition) is 0. The topological polar surface area (TPSA) is 46.6 Å². The maximum absolute atomic E-state index is 13.6. The summed E-state index contributed by atoms with van der Waals surface area (Å²) in [5.74, 6) is -0.499. The zero-order valence-corrected chi connectivity index (χ0v) is 18.2. The Morgan fingerprint density at radius 1 is 0.727 bits per heavy atom. The Morgan fingerprint density at radius 2 is 1.27 bits per heavy atom. The molecule has 0 spiro atoms. The van der Waals surface area contributed by atoms with Gasteiger partial charge in [0, 0.05) is 17.9 Å². The number of fused-ring (bicyclic) bond motifs is 5. The van der Waals surface area contributed by atoms with E-state index in [0.717, 1.165) is 16.7 Å². The minimum Gasteiger partial charge on any atom is -0.497 e. The number of ether oxygens (including phenoxy) is 1. The van der Waals surface area contributed by atoms with Crippen LogP contribution in [0.5, 0.6) is 5.75 Å². The van der Waals surface area contributed by atoms with Gasteiger partial charge in [-0.3, -0.25) is 9.59 Å². The molecule has 2 aliphatic carbocycles. The molecule has 162 valence electrons. The van der Waals surface area contributed by atoms with E-state index in [0.29, 0.717) is 11.4 Å². The molecule has 1 saturated carbocycles. The van der Waals surface area contributed by atoms with Crippen molar-refractivity contribution in [1.82, 2.24) is 0 Å². The molecular formula is C29H23NO3. The molecule has 0 N–H and O–H groups in total. The third kappa shape index (κ3) is 2.91. The van der Waals surface area contributed by atoms with E-state index in [1.165, 1.54) is 10.5 Å². The molecule has 2 bridgehead atoms. The highest BCUT2D eigenvalue weighted by Crippen LogP contribution is 2.58. The first-order chi connectivity index (χ1) is 16.2. The van der Waals surface area contributed by atoms with Gasteiger partial charge < -0.3 is 4.74 Å². The standard InChI is InChI=1S/C29H23NO3/c1-33-21-14-8-13-20(17-21)30-28(31)26-22-15-16-23(27(26)29(30)32)25(22)24(18-9-4-2-5-10-18)19-11-6-3-7-12-19/h2-17,22-23,26-27H,1H3/t22-,23-,26+,27+/m0/s1. The highest BCUT2D eigenvalue weighted by atomic mass is 16.5. The van der Waals surface area contributed by atoms with E-state index >= 15 is 0 Å². The Labute approximate surface area is 192 Å². The number of hydrogen-bond acceptors (Lipinski definition) is 3. The van der Waals surface area contributed by atoms with Gasteiger partial charge in [-0.05, 0) is 34.4 Å². The molecule has 3 aromatic rings. The molecule has 33 heavy (non-hydrogen) atoms. The lowest BCUT2D eigenvalue weighted by atomic mass is 9.85. The van der Waals surface area contributed by atoms with Crippen molar-refractivity contribution in [1.29, 1.82) is 0 Å². The number of anilines is 1. The first kappa shape index (κ1) is 19.7. The summed E-state index contributed by atoms with van der Waals surface area (Å²) in [6.45, 7) is 0. The van der Waals surface area contributed by atoms with Gasteiger partial charge in [-0.25, -0.2) is 4.90 Å². The SMILES string of the molecule is COc1cccc(N2C(=O)[C@H]3[C@H](C2=O)[C@H]2C=C[C@H]3C2=C(c2ccccc2)c2ccccc2)c1. The van der Waals surface area contributed by atoms with Crippen molar-refractivity contribution in [3.63, 3.8) is 0 Å². The van der Waals surface area contributed by atoms with Gasteiger partial charge in [0.25, 0.3) is 0 Å². The molecule has 0 aromatic heterocycles. The average molecular weight is 434 g/mol. The molecule has 1 heterocycles. The van der Waals surface area contributed by atoms with Gasteiger partial charge in [0.1, 0.15) is 5.75 Å². The summed E-state index contributed by atoms with van der Waals surface area (Å²) in [5, 5.41) is 0. The lowest BCUT2D eigenvalue weighted by Gasteiger charge is -2.22. The van der Waals surface area contributed by atoms with Crippen molar-refractivity contribution >= 4 is 23.1 Å². The predicted molar refractivity (Wildman–Crippen MR) is 127 cm³/mol. The lowest BCUT2D eigenvalue weighted by Crippen LogP contribution is -2.33. The Morgan fingerprint density at radius 3 is 1.79 bits per heavy atom. The van der Waals surface area contributed by atoms with Crippen molar-refractivity contribution in [3.05, 3.63) is 114 Å². The Hall–Kier alpha value is -3.92. The summed E-state index contributed by atoms with van der Waals surface area (Å²) in [6, 6.07) is 27.7. The fourth-order valence-corrected chi connectivity index (χ4v) is 5.81. The summed E-state index contributed by atoms with van der Waals surface area (Å²) in [5.41, 5.74) is 5.13. The molecular weight excluding hydrogens is 410 g/mol. The van der Waals surface area contributed by atoms with Crippen LogP contribution in [0.15, 0.2) is 103 Å². The molecule has 2 amide bonds. The van der Waals surface area contributed by atoms with Crippen LogP contribution in [0.3, 0.4) is 0 Å². The second-order valence-electron chi connectivity index (χ2n) is 8.76. The average Bonchev–Trinajstić information content (AvgIpc) is 3.50. The molecule has 2 fully saturated rings. The summed E-state index contributed by atoms with van der Waals surface area (Å²) in [7, 11) is 1.58. The summed E-state index contributed by atoms with van der Waals surface area (Å²) in [4.78, 5) is 28.6. The monoisotopic (exact) mass is 433 g/mol. The molecule has 0 radical (unpaired) electrons. The summed E-state index contributed by atoms with van der Waals surface area (Å²) >= 11 is 0. The van der Waals surface area contributed by atoms with E-state index < -0.39 is 0 Å². The molecule has 4 atom stereocenters. The highest BCUT2D eigenvalue weighted by Gasteiger charge is 2.62. The number of carbonyl (C=O) groups is 2. The largest absolute Gasteiger partial charge is 0.497 e. The van der Waals surface area contributed by atoms with E-state index in [4.69, 9.17) is 4.74 Å². The van der Waals surface area contributed by atoms with E-state index in [9.17, 15) is 9.59 Å². The van der Waals surface area contributed by atoms with Gasteiger partial charge in [0.05, 0.1) is 24.6 Å². The van der Waals surface area contributed by atoms with Crippen LogP contribution >= 0.6 is 0 Å². The van der Waals surface area contributed by atoms with Crippen molar-refractivity contribution in [2.75, 3.05) is 12.0 Å². The molecule has 1 saturated heterocycles. The number of imide groups is 1. The van der Waals surface area contributed by atoms with Crippen LogP contribution in [0.4, 0.5) is 5.69 Å². The molecule has 1 aliphatic heterocycles. The number of carbonyl (C=O) groups excluding carboxylic acids is 2. The molecule has 3 aliphatic rings. The maximum atomic E-state index is 13.6. The van der Waals surface area contributed by atoms with Gasteiger partial charge in [-0.1, -0.05) is 78.9 Å². The fourth-order valence-electron chi connectivity index (χ4n) is 5.81. The first-order valence-corrected chi connectivity index (χ1v) is 11.2. The van der Waals surface area contributed by atoms with Crippen LogP contribution < -0.4 is 9.64 Å². The number of allylic oxidation sites excluding steroid dienone is 3. The number of benzene rings is 3. The van der Waals surface area contributed by atoms with Gasteiger partial charge in [-0.15, -0.1) is 0 Å². The van der Waals surface area contributed by atoms with Crippen molar-refractivity contribution in [3.8, 4) is 5.75 Å². The van der Waals surface area contributed by atoms with Crippen LogP contribution in [-0.2, 0) is 9.59 Å². The van der Waals surface area contributed by atoms with Gasteiger partial charge in [-0.2, -0.15) is 0 Å². The molecule has 0 unspecified atom stereocenters. The normalized spacial score (nSPS) is 25.0. The Balaban J connectivity index is 1.47. The minimum atomic E-state index is -0.365. The van der Waals surface area contributed by atoms with Crippen LogP contribution in [0.2, 0.25) is 0 Å². The van der Waals surface area contributed by atoms with Crippen molar-refractivity contribution < 1.29 is 14.3 Å². The number of rotatable bonds is 4. The van der Waals surface area contributed by atoms with E-state index in [1.54, 1.807) is 19.2 Å². The second-order valence-corrected chi connectivity index (χ2v) is 8.76. The van der Waals surface area contributed by atoms with Gasteiger partial charge >= 0.3 is 0 Å². The zero-order chi connectivity index (χ0) is 22.5. The van der Waals surface area contributed by atoms with Crippen LogP contribution in [0, 0.1) is 23.7 Å². The van der Waals surface area contributed by atoms with Crippen LogP contribution in [0.25, 0.3) is 5.57 Å². The quantitative estimate of drug-likeness (QED) is 0.424. The van der Waals surface area contributed by atoms with Gasteiger partial charge in [0.2, 0.25) is 11.8 Å². The smallest absolute Gasteiger partial charge is 0.238 e. The van der Waals surface area contributed by atoms with Crippen LogP contribution in [-0.4, -0.2) is 18.9 Å². The van der Waals surface area contributed by atoms with E-state index in [1.807, 2.05) is 48.5 Å². The van der Waals surface area contributed by atoms with E-state index in [2.05, 4.69) is 36.4 Å². The Kier molecular flexibility index (Phi) is 4.54. The highest BCUT2D eigenvalue weighted by molar-refractivity contribution is 6.23. The van der Waals surface area contributed by atoms with Crippen molar-refractivity contribution in [2.24, 2.45) is 23.7 Å². The predicted octanol–water partition coefficient (Wildman–Crippen LogP) is 5.12. The first-order valence-electron chi connectivity index (χ1n) is 11.2. The van der Waals surface area contributed by atoms with Crippen molar-refractivity contribution in [2.45, 2.75) is 0 Å². The Bertz CT molecular complexity index is 1230. The molecule has 4 heteroatoms. The summed E-state index contributed by atoms with van der Waals surface area (Å²) < 4.78 is 5.31. The molecule has 6 rings (SSSR count). The van der Waals surface area contributed by atoms with E-state index in [-0.39, 0.29) is 35.5 Å². The number of nitrogens with zero attached hydrogens (tertiary/aromatic N) is 1. The third-order valence-electron chi connectivity index (χ3n) is 7.14. The minimum absolute atomic E-state index is 0.0810. The van der Waals surface area contributed by atoms with Gasteiger partial charge in [0.15, 0.2) is 0 Å². The third-order valence-corrected chi connectivity index (χ3v) is 7.14. The van der Waals surface area contributed by atoms with Crippen LogP contribution in [0.1, 0.15) is 11.1 Å². The molecule has 3 aromatic carbocycles. The maximum Gasteiger partial charge on any atom is 0.238 e. The number of methoxy groups -OCH3 is 1. The number of amides is 2. The molecule has 4 nitrogen and oxygen atoms in total. The lowest BCUT2D eigenvalue weighted by molar-refractivity contribution is -0.122. The second kappa shape index (κ2) is 7.59. The summed E-state index contributed by atoms with van der Waals surface area (Å²) in [6.07, 6.45) is 4.26. The fraction of sp³-hybridized carbons (Fsp3) is 0.172.